The summed E-state index contributed by atoms with van der Waals surface area (Å²) in [5.41, 5.74) is 0.432. The average Bonchev–Trinajstić information content (AvgIpc) is 2.87. The second-order valence-corrected chi connectivity index (χ2v) is 6.72. The van der Waals surface area contributed by atoms with E-state index >= 15 is 0 Å². The Bertz CT molecular complexity index is 641. The Morgan fingerprint density at radius 3 is 2.24 bits per heavy atom. The van der Waals surface area contributed by atoms with Crippen molar-refractivity contribution in [3.05, 3.63) is 24.3 Å². The van der Waals surface area contributed by atoms with E-state index in [0.29, 0.717) is 25.2 Å². The lowest BCUT2D eigenvalue weighted by atomic mass is 10.1. The van der Waals surface area contributed by atoms with Gasteiger partial charge in [-0.3, -0.25) is 4.79 Å². The number of carbonyl (C=O) groups excluding carboxylic acids is 1. The third kappa shape index (κ3) is 2.97. The van der Waals surface area contributed by atoms with Gasteiger partial charge in [0.15, 0.2) is 0 Å². The van der Waals surface area contributed by atoms with Gasteiger partial charge in [0.25, 0.3) is 9.84 Å². The van der Waals surface area contributed by atoms with E-state index in [1.807, 2.05) is 0 Å². The molecule has 1 atom stereocenters. The Morgan fingerprint density at radius 2 is 1.81 bits per heavy atom. The molecule has 0 saturated carbocycles. The number of rotatable bonds is 3. The molecule has 116 valence electrons. The lowest BCUT2D eigenvalue weighted by Gasteiger charge is -2.18. The topological polar surface area (TPSA) is 80.5 Å². The molecular formula is C12H13F3N2O3S. The van der Waals surface area contributed by atoms with Gasteiger partial charge >= 0.3 is 5.51 Å². The maximum atomic E-state index is 12.4. The summed E-state index contributed by atoms with van der Waals surface area (Å²) in [5.74, 6) is -0.725. The molecular weight excluding hydrogens is 309 g/mol. The van der Waals surface area contributed by atoms with E-state index in [4.69, 9.17) is 5.73 Å². The molecule has 0 bridgehead atoms. The largest absolute Gasteiger partial charge is 0.501 e. The second kappa shape index (κ2) is 5.21. The molecule has 9 heteroatoms. The van der Waals surface area contributed by atoms with Crippen molar-refractivity contribution in [1.82, 2.24) is 0 Å². The van der Waals surface area contributed by atoms with Crippen molar-refractivity contribution < 1.29 is 26.4 Å². The van der Waals surface area contributed by atoms with Crippen molar-refractivity contribution >= 4 is 21.4 Å². The first-order valence-corrected chi connectivity index (χ1v) is 7.57. The van der Waals surface area contributed by atoms with E-state index < -0.39 is 26.1 Å². The summed E-state index contributed by atoms with van der Waals surface area (Å²) >= 11 is 0. The number of alkyl halides is 3. The van der Waals surface area contributed by atoms with Crippen LogP contribution in [-0.2, 0) is 14.6 Å². The van der Waals surface area contributed by atoms with Crippen LogP contribution in [0.5, 0.6) is 0 Å². The molecule has 1 aliphatic heterocycles. The monoisotopic (exact) mass is 322 g/mol. The molecule has 1 saturated heterocycles. The van der Waals surface area contributed by atoms with Gasteiger partial charge in [0.2, 0.25) is 5.91 Å². The van der Waals surface area contributed by atoms with Gasteiger partial charge in [-0.05, 0) is 30.7 Å². The van der Waals surface area contributed by atoms with Crippen molar-refractivity contribution in [2.24, 2.45) is 11.7 Å². The van der Waals surface area contributed by atoms with Crippen molar-refractivity contribution in [3.8, 4) is 0 Å². The van der Waals surface area contributed by atoms with Crippen molar-refractivity contribution in [2.75, 3.05) is 18.0 Å². The average molecular weight is 322 g/mol. The zero-order valence-electron chi connectivity index (χ0n) is 10.8. The third-order valence-electron chi connectivity index (χ3n) is 3.41. The standard InChI is InChI=1S/C12H13F3N2O3S/c13-12(14,15)21(19,20)10-3-1-9(2-4-10)17-6-5-8(7-17)11(16)18/h1-4,8H,5-7H2,(H2,16,18)/t8-/m1/s1. The van der Waals surface area contributed by atoms with Crippen LogP contribution in [0.3, 0.4) is 0 Å². The van der Waals surface area contributed by atoms with Crippen LogP contribution in [0, 0.1) is 5.92 Å². The molecule has 2 N–H and O–H groups in total. The lowest BCUT2D eigenvalue weighted by molar-refractivity contribution is -0.121. The third-order valence-corrected chi connectivity index (χ3v) is 4.91. The van der Waals surface area contributed by atoms with Crippen LogP contribution in [0.1, 0.15) is 6.42 Å². The van der Waals surface area contributed by atoms with Crippen molar-refractivity contribution in [1.29, 1.82) is 0 Å². The quantitative estimate of drug-likeness (QED) is 0.909. The number of sulfone groups is 1. The van der Waals surface area contributed by atoms with E-state index in [1.165, 1.54) is 12.1 Å². The number of nitrogens with zero attached hydrogens (tertiary/aromatic N) is 1. The van der Waals surface area contributed by atoms with Gasteiger partial charge < -0.3 is 10.6 Å². The number of hydrogen-bond donors (Lipinski definition) is 1. The molecule has 1 aliphatic rings. The lowest BCUT2D eigenvalue weighted by Crippen LogP contribution is -2.27. The molecule has 0 unspecified atom stereocenters. The number of hydrogen-bond acceptors (Lipinski definition) is 4. The van der Waals surface area contributed by atoms with Crippen LogP contribution < -0.4 is 10.6 Å². The number of nitrogens with two attached hydrogens (primary N) is 1. The van der Waals surface area contributed by atoms with E-state index in [9.17, 15) is 26.4 Å². The molecule has 0 aromatic heterocycles. The van der Waals surface area contributed by atoms with Crippen molar-refractivity contribution in [2.45, 2.75) is 16.8 Å². The fraction of sp³-hybridized carbons (Fsp3) is 0.417. The summed E-state index contributed by atoms with van der Waals surface area (Å²) in [6.45, 7) is 0.916. The molecule has 1 aromatic rings. The Kier molecular flexibility index (Phi) is 3.87. The summed E-state index contributed by atoms with van der Waals surface area (Å²) in [6, 6.07) is 4.41. The highest BCUT2D eigenvalue weighted by Crippen LogP contribution is 2.32. The molecule has 1 amide bonds. The number of primary amides is 1. The highest BCUT2D eigenvalue weighted by Gasteiger charge is 2.46. The first-order valence-electron chi connectivity index (χ1n) is 6.08. The number of carbonyl (C=O) groups is 1. The summed E-state index contributed by atoms with van der Waals surface area (Å²) in [7, 11) is -5.33. The van der Waals surface area contributed by atoms with Gasteiger partial charge in [-0.2, -0.15) is 13.2 Å². The molecule has 1 fully saturated rings. The van der Waals surface area contributed by atoms with E-state index in [1.54, 1.807) is 4.90 Å². The predicted molar refractivity (Wildman–Crippen MR) is 69.2 cm³/mol. The van der Waals surface area contributed by atoms with Gasteiger partial charge in [-0.1, -0.05) is 0 Å². The van der Waals surface area contributed by atoms with Crippen LogP contribution in [-0.4, -0.2) is 32.9 Å². The molecule has 0 aliphatic carbocycles. The van der Waals surface area contributed by atoms with Crippen LogP contribution in [0.25, 0.3) is 0 Å². The summed E-state index contributed by atoms with van der Waals surface area (Å²) in [5, 5.41) is 0. The molecule has 21 heavy (non-hydrogen) atoms. The Labute approximate surface area is 119 Å². The number of halogens is 3. The van der Waals surface area contributed by atoms with Crippen LogP contribution in [0.4, 0.5) is 18.9 Å². The van der Waals surface area contributed by atoms with Gasteiger partial charge in [0.1, 0.15) is 0 Å². The summed E-state index contributed by atoms with van der Waals surface area (Å²) < 4.78 is 59.7. The number of benzene rings is 1. The minimum atomic E-state index is -5.33. The maximum absolute atomic E-state index is 12.4. The SMILES string of the molecule is NC(=O)[C@@H]1CCN(c2ccc(S(=O)(=O)C(F)(F)F)cc2)C1. The molecule has 0 spiro atoms. The van der Waals surface area contributed by atoms with Crippen LogP contribution in [0.15, 0.2) is 29.2 Å². The first kappa shape index (κ1) is 15.6. The molecule has 2 rings (SSSR count). The van der Waals surface area contributed by atoms with Gasteiger partial charge in [0, 0.05) is 18.8 Å². The zero-order chi connectivity index (χ0) is 15.8. The highest BCUT2D eigenvalue weighted by molar-refractivity contribution is 7.92. The van der Waals surface area contributed by atoms with E-state index in [-0.39, 0.29) is 5.92 Å². The van der Waals surface area contributed by atoms with Crippen LogP contribution >= 0.6 is 0 Å². The van der Waals surface area contributed by atoms with Gasteiger partial charge in [0.05, 0.1) is 10.8 Å². The van der Waals surface area contributed by atoms with E-state index in [0.717, 1.165) is 12.1 Å². The van der Waals surface area contributed by atoms with Crippen LogP contribution in [0.2, 0.25) is 0 Å². The minimum Gasteiger partial charge on any atom is -0.371 e. The normalized spacial score (nSPS) is 19.8. The number of anilines is 1. The Balaban J connectivity index is 2.19. The summed E-state index contributed by atoms with van der Waals surface area (Å²) in [4.78, 5) is 12.0. The molecule has 0 radical (unpaired) electrons. The van der Waals surface area contributed by atoms with E-state index in [2.05, 4.69) is 0 Å². The number of amides is 1. The molecule has 1 aromatic carbocycles. The predicted octanol–water partition coefficient (Wildman–Crippen LogP) is 1.29. The first-order chi connectivity index (χ1) is 9.63. The van der Waals surface area contributed by atoms with Crippen molar-refractivity contribution in [3.63, 3.8) is 0 Å². The fourth-order valence-electron chi connectivity index (χ4n) is 2.20. The Morgan fingerprint density at radius 1 is 1.24 bits per heavy atom. The fourth-order valence-corrected chi connectivity index (χ4v) is 2.96. The minimum absolute atomic E-state index is 0.302. The molecule has 1 heterocycles. The second-order valence-electron chi connectivity index (χ2n) is 4.78. The summed E-state index contributed by atoms with van der Waals surface area (Å²) in [6.07, 6.45) is 0.567. The smallest absolute Gasteiger partial charge is 0.371 e. The van der Waals surface area contributed by atoms with Gasteiger partial charge in [-0.15, -0.1) is 0 Å². The molecule has 5 nitrogen and oxygen atoms in total. The van der Waals surface area contributed by atoms with Gasteiger partial charge in [-0.25, -0.2) is 8.42 Å². The Hall–Kier alpha value is -1.77. The maximum Gasteiger partial charge on any atom is 0.501 e. The highest BCUT2D eigenvalue weighted by atomic mass is 32.2. The zero-order valence-corrected chi connectivity index (χ0v) is 11.6.